The zero-order chi connectivity index (χ0) is 30.6. The minimum absolute atomic E-state index is 0.0630. The molecule has 230 valence electrons. The predicted octanol–water partition coefficient (Wildman–Crippen LogP) is 7.38. The molecule has 3 rings (SSSR count). The number of carbonyl (C=O) groups is 1. The van der Waals surface area contributed by atoms with E-state index in [0.717, 1.165) is 69.2 Å². The molecule has 3 aromatic rings. The van der Waals surface area contributed by atoms with Crippen molar-refractivity contribution in [3.05, 3.63) is 53.0 Å². The zero-order valence-electron chi connectivity index (χ0n) is 23.6. The largest absolute Gasteiger partial charge is 0.501 e. The van der Waals surface area contributed by atoms with Crippen LogP contribution in [-0.2, 0) is 19.4 Å². The fourth-order valence-electron chi connectivity index (χ4n) is 4.32. The van der Waals surface area contributed by atoms with Crippen LogP contribution in [0.2, 0.25) is 0 Å². The molecule has 0 aliphatic heterocycles. The number of aromatic nitrogens is 1. The summed E-state index contributed by atoms with van der Waals surface area (Å²) in [5, 5.41) is 0.503. The van der Waals surface area contributed by atoms with E-state index in [2.05, 4.69) is 4.98 Å². The standard InChI is InChI=1S/C30H36F3NO7S/c1-2-28(35)40-18-12-10-8-6-4-3-5-7-9-11-17-39-27-20-23-19-25(29(36)41-26(23)21-34-27)22-13-15-24(16-14-22)42(37,38)30(31,32)33/h13-16,19-21H,2-12,17-18H2,1H3. The number of carbonyl (C=O) groups excluding carboxylic acids is 1. The quantitative estimate of drug-likeness (QED) is 0.115. The summed E-state index contributed by atoms with van der Waals surface area (Å²) in [5.41, 5.74) is -5.67. The first-order valence-corrected chi connectivity index (χ1v) is 15.7. The van der Waals surface area contributed by atoms with E-state index in [0.29, 0.717) is 30.9 Å². The van der Waals surface area contributed by atoms with Crippen LogP contribution in [-0.4, -0.2) is 38.1 Å². The highest BCUT2D eigenvalue weighted by Gasteiger charge is 2.46. The van der Waals surface area contributed by atoms with Gasteiger partial charge in [0.2, 0.25) is 5.88 Å². The number of pyridine rings is 1. The molecule has 12 heteroatoms. The molecule has 1 aromatic carbocycles. The third-order valence-electron chi connectivity index (χ3n) is 6.72. The molecular formula is C30H36F3NO7S. The maximum absolute atomic E-state index is 12.8. The molecule has 0 amide bonds. The number of halogens is 3. The molecular weight excluding hydrogens is 575 g/mol. The third-order valence-corrected chi connectivity index (χ3v) is 8.22. The van der Waals surface area contributed by atoms with Crippen molar-refractivity contribution in [2.24, 2.45) is 0 Å². The summed E-state index contributed by atoms with van der Waals surface area (Å²) >= 11 is 0. The Kier molecular flexibility index (Phi) is 12.4. The fourth-order valence-corrected chi connectivity index (χ4v) is 5.08. The molecule has 0 saturated heterocycles. The maximum Gasteiger partial charge on any atom is 0.501 e. The smallest absolute Gasteiger partial charge is 0.478 e. The van der Waals surface area contributed by atoms with Crippen LogP contribution >= 0.6 is 0 Å². The predicted molar refractivity (Wildman–Crippen MR) is 152 cm³/mol. The van der Waals surface area contributed by atoms with Gasteiger partial charge in [0.05, 0.1) is 29.9 Å². The molecule has 0 N–H and O–H groups in total. The molecule has 8 nitrogen and oxygen atoms in total. The minimum atomic E-state index is -5.49. The molecule has 0 atom stereocenters. The summed E-state index contributed by atoms with van der Waals surface area (Å²) in [5.74, 6) is 0.206. The van der Waals surface area contributed by atoms with Crippen LogP contribution in [0.4, 0.5) is 13.2 Å². The molecule has 0 spiro atoms. The zero-order valence-corrected chi connectivity index (χ0v) is 24.4. The second-order valence-corrected chi connectivity index (χ2v) is 11.9. The number of benzene rings is 1. The van der Waals surface area contributed by atoms with Gasteiger partial charge < -0.3 is 13.9 Å². The molecule has 2 heterocycles. The van der Waals surface area contributed by atoms with Gasteiger partial charge in [-0.3, -0.25) is 4.79 Å². The highest BCUT2D eigenvalue weighted by atomic mass is 32.2. The van der Waals surface area contributed by atoms with Gasteiger partial charge >= 0.3 is 17.1 Å². The lowest BCUT2D eigenvalue weighted by molar-refractivity contribution is -0.143. The third kappa shape index (κ3) is 9.57. The molecule has 0 unspecified atom stereocenters. The number of alkyl halides is 3. The van der Waals surface area contributed by atoms with Crippen molar-refractivity contribution in [2.45, 2.75) is 88.0 Å². The second kappa shape index (κ2) is 15.7. The van der Waals surface area contributed by atoms with Crippen molar-refractivity contribution in [1.82, 2.24) is 4.98 Å². The Labute approximate surface area is 243 Å². The van der Waals surface area contributed by atoms with E-state index >= 15 is 0 Å². The van der Waals surface area contributed by atoms with Gasteiger partial charge in [-0.25, -0.2) is 18.2 Å². The van der Waals surface area contributed by atoms with E-state index in [9.17, 15) is 31.2 Å². The number of ether oxygens (including phenoxy) is 2. The lowest BCUT2D eigenvalue weighted by atomic mass is 10.1. The Balaban J connectivity index is 1.41. The van der Waals surface area contributed by atoms with Crippen molar-refractivity contribution in [3.63, 3.8) is 0 Å². The number of nitrogens with zero attached hydrogens (tertiary/aromatic N) is 1. The Morgan fingerprint density at radius 2 is 1.45 bits per heavy atom. The van der Waals surface area contributed by atoms with Crippen LogP contribution in [0.15, 0.2) is 56.7 Å². The first-order valence-electron chi connectivity index (χ1n) is 14.2. The SMILES string of the molecule is CCC(=O)OCCCCCCCCCCCCOc1cc2cc(-c3ccc(S(=O)(=O)C(F)(F)F)cc3)c(=O)oc2cn1. The average Bonchev–Trinajstić information content (AvgIpc) is 2.96. The van der Waals surface area contributed by atoms with Gasteiger partial charge in [0.15, 0.2) is 5.58 Å². The van der Waals surface area contributed by atoms with Crippen molar-refractivity contribution in [2.75, 3.05) is 13.2 Å². The van der Waals surface area contributed by atoms with Gasteiger partial charge in [0.1, 0.15) is 0 Å². The minimum Gasteiger partial charge on any atom is -0.478 e. The number of esters is 1. The summed E-state index contributed by atoms with van der Waals surface area (Å²) in [6, 6.07) is 6.98. The topological polar surface area (TPSA) is 113 Å². The second-order valence-electron chi connectivity index (χ2n) is 9.94. The van der Waals surface area contributed by atoms with Crippen LogP contribution in [0.1, 0.15) is 77.6 Å². The van der Waals surface area contributed by atoms with Gasteiger partial charge in [-0.15, -0.1) is 0 Å². The van der Waals surface area contributed by atoms with Gasteiger partial charge in [-0.05, 0) is 36.6 Å². The molecule has 0 radical (unpaired) electrons. The van der Waals surface area contributed by atoms with E-state index in [1.54, 1.807) is 13.0 Å². The molecule has 0 saturated carbocycles. The Bertz CT molecular complexity index is 1470. The van der Waals surface area contributed by atoms with Crippen molar-refractivity contribution < 1.29 is 40.3 Å². The Hall–Kier alpha value is -3.41. The fraction of sp³-hybridized carbons (Fsp3) is 0.500. The highest BCUT2D eigenvalue weighted by Crippen LogP contribution is 2.31. The average molecular weight is 612 g/mol. The van der Waals surface area contributed by atoms with Crippen LogP contribution in [0.3, 0.4) is 0 Å². The van der Waals surface area contributed by atoms with Gasteiger partial charge in [0, 0.05) is 17.9 Å². The van der Waals surface area contributed by atoms with Crippen molar-refractivity contribution in [1.29, 1.82) is 0 Å². The number of fused-ring (bicyclic) bond motifs is 1. The summed E-state index contributed by atoms with van der Waals surface area (Å²) in [7, 11) is -5.49. The normalized spacial score (nSPS) is 12.0. The van der Waals surface area contributed by atoms with Crippen LogP contribution in [0.5, 0.6) is 5.88 Å². The number of hydrogen-bond acceptors (Lipinski definition) is 8. The van der Waals surface area contributed by atoms with Crippen molar-refractivity contribution in [3.8, 4) is 17.0 Å². The van der Waals surface area contributed by atoms with Crippen LogP contribution in [0, 0.1) is 0 Å². The molecule has 0 aliphatic carbocycles. The van der Waals surface area contributed by atoms with Gasteiger partial charge in [-0.2, -0.15) is 13.2 Å². The molecule has 0 fully saturated rings. The summed E-state index contributed by atoms with van der Waals surface area (Å²) in [6.07, 6.45) is 12.7. The number of unbranched alkanes of at least 4 members (excludes halogenated alkanes) is 9. The lowest BCUT2D eigenvalue weighted by Crippen LogP contribution is -2.23. The lowest BCUT2D eigenvalue weighted by Gasteiger charge is -2.09. The highest BCUT2D eigenvalue weighted by molar-refractivity contribution is 7.92. The van der Waals surface area contributed by atoms with E-state index in [4.69, 9.17) is 13.9 Å². The maximum atomic E-state index is 12.8. The van der Waals surface area contributed by atoms with E-state index in [1.165, 1.54) is 31.5 Å². The molecule has 0 bridgehead atoms. The molecule has 2 aromatic heterocycles. The van der Waals surface area contributed by atoms with Gasteiger partial charge in [0.25, 0.3) is 9.84 Å². The van der Waals surface area contributed by atoms with E-state index in [-0.39, 0.29) is 22.7 Å². The molecule has 42 heavy (non-hydrogen) atoms. The first kappa shape index (κ1) is 33.1. The Morgan fingerprint density at radius 1 is 0.881 bits per heavy atom. The summed E-state index contributed by atoms with van der Waals surface area (Å²) in [4.78, 5) is 26.8. The summed E-state index contributed by atoms with van der Waals surface area (Å²) < 4.78 is 77.7. The van der Waals surface area contributed by atoms with Crippen LogP contribution < -0.4 is 10.4 Å². The van der Waals surface area contributed by atoms with E-state index < -0.39 is 25.9 Å². The number of sulfone groups is 1. The van der Waals surface area contributed by atoms with E-state index in [1.807, 2.05) is 0 Å². The van der Waals surface area contributed by atoms with Gasteiger partial charge in [-0.1, -0.05) is 70.4 Å². The number of hydrogen-bond donors (Lipinski definition) is 0. The van der Waals surface area contributed by atoms with Crippen LogP contribution in [0.25, 0.3) is 22.1 Å². The summed E-state index contributed by atoms with van der Waals surface area (Å²) in [6.45, 7) is 2.78. The Morgan fingerprint density at radius 3 is 2.02 bits per heavy atom. The van der Waals surface area contributed by atoms with Crippen molar-refractivity contribution >= 4 is 26.8 Å². The number of rotatable bonds is 17. The molecule has 0 aliphatic rings. The monoisotopic (exact) mass is 611 g/mol. The first-order chi connectivity index (χ1) is 20.0.